The third-order valence-electron chi connectivity index (χ3n) is 1.26. The molecule has 0 atom stereocenters. The van der Waals surface area contributed by atoms with Crippen molar-refractivity contribution in [2.24, 2.45) is 0 Å². The van der Waals surface area contributed by atoms with Gasteiger partial charge in [-0.3, -0.25) is 0 Å². The largest absolute Gasteiger partial charge is 0.405 e. The molecule has 58 valence electrons. The second kappa shape index (κ2) is 3.07. The molecule has 0 saturated heterocycles. The van der Waals surface area contributed by atoms with Gasteiger partial charge in [-0.05, 0) is 11.6 Å². The quantitative estimate of drug-likeness (QED) is 0.499. The monoisotopic (exact) mass is 181 g/mol. The molecule has 6 heteroatoms. The summed E-state index contributed by atoms with van der Waals surface area (Å²) >= 11 is 5.28. The zero-order valence-electron chi connectivity index (χ0n) is 5.96. The molecule has 1 rings (SSSR count). The number of hydrogen-bond donors (Lipinski definition) is 1. The third-order valence-corrected chi connectivity index (χ3v) is 1.54. The number of hydrogen-bond acceptors (Lipinski definition) is 2. The van der Waals surface area contributed by atoms with Crippen LogP contribution in [-0.4, -0.2) is 25.8 Å². The summed E-state index contributed by atoms with van der Waals surface area (Å²) in [6, 6.07) is 0.926. The number of nitrogens with zero attached hydrogens (tertiary/aromatic N) is 1. The zero-order chi connectivity index (χ0) is 9.35. The summed E-state index contributed by atoms with van der Waals surface area (Å²) in [5.41, 5.74) is -0.0376. The summed E-state index contributed by atoms with van der Waals surface area (Å²) < 4.78 is 12.7. The second-order valence-electron chi connectivity index (χ2n) is 2.32. The molecule has 1 N–H and O–H groups in total. The van der Waals surface area contributed by atoms with Crippen LogP contribution >= 0.6 is 11.6 Å². The van der Waals surface area contributed by atoms with Gasteiger partial charge in [0.25, 0.3) is 0 Å². The Bertz CT molecular complexity index is 302. The van der Waals surface area contributed by atoms with Gasteiger partial charge in [-0.1, -0.05) is 11.6 Å². The molecule has 0 amide bonds. The van der Waals surface area contributed by atoms with Crippen molar-refractivity contribution in [3.8, 4) is 0 Å². The number of rotatable bonds is 1. The van der Waals surface area contributed by atoms with Gasteiger partial charge in [-0.2, -0.15) is 0 Å². The molecule has 0 saturated carbocycles. The van der Waals surface area contributed by atoms with Crippen LogP contribution in [0.15, 0.2) is 12.3 Å². The molecule has 0 spiro atoms. The molecule has 1 heterocycles. The van der Waals surface area contributed by atoms with E-state index >= 15 is 0 Å². The SMILES string of the molecule is [B]C([B])(O)c1cnc(Cl)c(F)c1. The third kappa shape index (κ3) is 1.99. The molecule has 0 unspecified atom stereocenters. The molecule has 0 bridgehead atoms. The highest BCUT2D eigenvalue weighted by atomic mass is 35.5. The first-order valence-corrected chi connectivity index (χ1v) is 3.40. The molecule has 2 nitrogen and oxygen atoms in total. The van der Waals surface area contributed by atoms with Gasteiger partial charge in [0.1, 0.15) is 15.7 Å². The molecule has 4 radical (unpaired) electrons. The van der Waals surface area contributed by atoms with Crippen molar-refractivity contribution in [2.75, 3.05) is 0 Å². The minimum absolute atomic E-state index is 0.0376. The van der Waals surface area contributed by atoms with Crippen LogP contribution in [-0.2, 0) is 5.40 Å². The van der Waals surface area contributed by atoms with E-state index in [4.69, 9.17) is 32.4 Å². The van der Waals surface area contributed by atoms with E-state index in [-0.39, 0.29) is 10.7 Å². The first-order valence-electron chi connectivity index (χ1n) is 3.03. The van der Waals surface area contributed by atoms with Crippen molar-refractivity contribution in [3.05, 3.63) is 28.8 Å². The zero-order valence-corrected chi connectivity index (χ0v) is 6.72. The second-order valence-corrected chi connectivity index (χ2v) is 2.68. The molecular formula is C6H3B2ClFNO. The van der Waals surface area contributed by atoms with Gasteiger partial charge in [0, 0.05) is 11.6 Å². The fourth-order valence-corrected chi connectivity index (χ4v) is 0.744. The van der Waals surface area contributed by atoms with Gasteiger partial charge < -0.3 is 5.11 Å². The van der Waals surface area contributed by atoms with Crippen LogP contribution in [0.25, 0.3) is 0 Å². The van der Waals surface area contributed by atoms with E-state index in [1.165, 1.54) is 0 Å². The van der Waals surface area contributed by atoms with Crippen LogP contribution in [0, 0.1) is 5.82 Å². The lowest BCUT2D eigenvalue weighted by atomic mass is 9.62. The molecule has 0 aromatic carbocycles. The highest BCUT2D eigenvalue weighted by molar-refractivity contribution is 6.38. The van der Waals surface area contributed by atoms with E-state index < -0.39 is 11.2 Å². The van der Waals surface area contributed by atoms with Crippen molar-refractivity contribution in [1.82, 2.24) is 4.98 Å². The van der Waals surface area contributed by atoms with Gasteiger partial charge in [-0.15, -0.1) is 0 Å². The number of aliphatic hydroxyl groups is 1. The van der Waals surface area contributed by atoms with Crippen LogP contribution in [0.3, 0.4) is 0 Å². The maximum absolute atomic E-state index is 12.7. The summed E-state index contributed by atoms with van der Waals surface area (Å²) in [6.45, 7) is 0. The van der Waals surface area contributed by atoms with Gasteiger partial charge in [0.05, 0.1) is 0 Å². The molecule has 1 aromatic heterocycles. The Kier molecular flexibility index (Phi) is 2.44. The van der Waals surface area contributed by atoms with Crippen molar-refractivity contribution in [2.45, 2.75) is 5.40 Å². The van der Waals surface area contributed by atoms with E-state index in [0.717, 1.165) is 12.3 Å². The normalized spacial score (nSPS) is 11.6. The molecule has 0 aliphatic carbocycles. The Labute approximate surface area is 76.6 Å². The summed E-state index contributed by atoms with van der Waals surface area (Å²) in [7, 11) is 10.1. The topological polar surface area (TPSA) is 33.1 Å². The highest BCUT2D eigenvalue weighted by Crippen LogP contribution is 2.17. The molecule has 0 aliphatic rings. The average Bonchev–Trinajstić information content (AvgIpc) is 1.92. The standard InChI is InChI=1S/C6H3B2ClFNO/c7-6(8,12)3-1-4(10)5(9)11-2-3/h1-2,12H. The van der Waals surface area contributed by atoms with Crippen LogP contribution < -0.4 is 0 Å². The van der Waals surface area contributed by atoms with Crippen LogP contribution in [0.1, 0.15) is 5.56 Å². The summed E-state index contributed by atoms with van der Waals surface area (Å²) in [6.07, 6.45) is 1.10. The minimum Gasteiger partial charge on any atom is -0.405 e. The van der Waals surface area contributed by atoms with Crippen LogP contribution in [0.2, 0.25) is 5.15 Å². The van der Waals surface area contributed by atoms with E-state index in [1.54, 1.807) is 0 Å². The Morgan fingerprint density at radius 1 is 1.58 bits per heavy atom. The van der Waals surface area contributed by atoms with Crippen molar-refractivity contribution < 1.29 is 9.50 Å². The molecular weight excluding hydrogens is 178 g/mol. The number of pyridine rings is 1. The first-order chi connectivity index (χ1) is 5.41. The predicted molar refractivity (Wildman–Crippen MR) is 44.6 cm³/mol. The van der Waals surface area contributed by atoms with E-state index in [9.17, 15) is 4.39 Å². The summed E-state index contributed by atoms with van der Waals surface area (Å²) in [4.78, 5) is 3.42. The maximum atomic E-state index is 12.7. The van der Waals surface area contributed by atoms with E-state index in [1.807, 2.05) is 0 Å². The van der Waals surface area contributed by atoms with Crippen molar-refractivity contribution >= 4 is 27.3 Å². The van der Waals surface area contributed by atoms with Gasteiger partial charge in [0.2, 0.25) is 0 Å². The average molecular weight is 181 g/mol. The summed E-state index contributed by atoms with van der Waals surface area (Å²) in [5.74, 6) is -0.775. The minimum atomic E-state index is -2.08. The number of aromatic nitrogens is 1. The molecule has 12 heavy (non-hydrogen) atoms. The first kappa shape index (κ1) is 9.55. The fraction of sp³-hybridized carbons (Fsp3) is 0.167. The van der Waals surface area contributed by atoms with Crippen LogP contribution in [0.5, 0.6) is 0 Å². The molecule has 0 fully saturated rings. The Morgan fingerprint density at radius 3 is 2.58 bits per heavy atom. The van der Waals surface area contributed by atoms with Gasteiger partial charge in [0.15, 0.2) is 11.0 Å². The maximum Gasteiger partial charge on any atom is 0.164 e. The fourth-order valence-electron chi connectivity index (χ4n) is 0.640. The highest BCUT2D eigenvalue weighted by Gasteiger charge is 2.16. The lowest BCUT2D eigenvalue weighted by Crippen LogP contribution is -2.26. The van der Waals surface area contributed by atoms with E-state index in [0.29, 0.717) is 0 Å². The van der Waals surface area contributed by atoms with Crippen molar-refractivity contribution in [1.29, 1.82) is 0 Å². The molecule has 1 aromatic rings. The Hall–Kier alpha value is -0.540. The summed E-state index contributed by atoms with van der Waals surface area (Å²) in [5, 5.41) is 6.64. The van der Waals surface area contributed by atoms with Crippen LogP contribution in [0.4, 0.5) is 4.39 Å². The van der Waals surface area contributed by atoms with E-state index in [2.05, 4.69) is 4.98 Å². The lowest BCUT2D eigenvalue weighted by Gasteiger charge is -2.18. The predicted octanol–water partition coefficient (Wildman–Crippen LogP) is 0.314. The Balaban J connectivity index is 3.14. The smallest absolute Gasteiger partial charge is 0.164 e. The lowest BCUT2D eigenvalue weighted by molar-refractivity contribution is 0.216. The molecule has 0 aliphatic heterocycles. The Morgan fingerprint density at radius 2 is 2.17 bits per heavy atom. The number of halogens is 2. The van der Waals surface area contributed by atoms with Gasteiger partial charge in [-0.25, -0.2) is 9.37 Å². The van der Waals surface area contributed by atoms with Crippen molar-refractivity contribution in [3.63, 3.8) is 0 Å². The van der Waals surface area contributed by atoms with Gasteiger partial charge >= 0.3 is 0 Å².